The highest BCUT2D eigenvalue weighted by atomic mass is 16.5. The lowest BCUT2D eigenvalue weighted by atomic mass is 10.0. The molecule has 1 unspecified atom stereocenters. The van der Waals surface area contributed by atoms with E-state index in [4.69, 9.17) is 14.2 Å². The second kappa shape index (κ2) is 21.9. The average Bonchev–Trinajstić information content (AvgIpc) is 3.84. The largest absolute Gasteiger partial charge is 0.494 e. The number of ether oxygens (including phenoxy) is 3. The molecule has 0 radical (unpaired) electrons. The van der Waals surface area contributed by atoms with Crippen LogP contribution in [0.1, 0.15) is 89.2 Å². The van der Waals surface area contributed by atoms with Crippen molar-refractivity contribution in [3.8, 4) is 17.3 Å². The van der Waals surface area contributed by atoms with Crippen molar-refractivity contribution in [2.75, 3.05) is 50.2 Å². The molecule has 4 N–H and O–H groups in total. The number of hydrogen-bond donors (Lipinski definition) is 4. The molecule has 4 heterocycles. The number of aromatic nitrogens is 5. The van der Waals surface area contributed by atoms with Crippen LogP contribution in [0, 0.1) is 0 Å². The van der Waals surface area contributed by atoms with Crippen LogP contribution in [0.4, 0.5) is 11.4 Å². The second-order valence-electron chi connectivity index (χ2n) is 15.4. The van der Waals surface area contributed by atoms with Crippen molar-refractivity contribution in [3.63, 3.8) is 0 Å². The van der Waals surface area contributed by atoms with Gasteiger partial charge in [0.05, 0.1) is 25.8 Å². The Kier molecular flexibility index (Phi) is 15.4. The number of hydrogen-bond acceptors (Lipinski definition) is 13. The van der Waals surface area contributed by atoms with Crippen molar-refractivity contribution in [1.29, 1.82) is 0 Å². The van der Waals surface area contributed by atoms with Crippen LogP contribution in [0.2, 0.25) is 0 Å². The van der Waals surface area contributed by atoms with Gasteiger partial charge in [0, 0.05) is 80.6 Å². The van der Waals surface area contributed by atoms with Crippen molar-refractivity contribution in [3.05, 3.63) is 113 Å². The standard InChI is InChI=1S/C46H54N10O7/c1-31(51-44(58)33-11-6-12-34(26-33)49-28-41-53-54-43(55(41)2)39-18-19-47-30-50-39)32-10-7-13-35(27-32)63-24-5-3-4-21-61-22-9-23-62-25-20-48-38-15-8-14-36-37(38)29-56(46(36)60)40-16-17-42(57)52-45(40)59/h6-8,10-15,18-19,26-27,30-31,40,48-49H,3-5,9,16-17,20-25,28-29H2,1-2H3,(H,51,58)(H,52,57,59)/t31-,40?/m1/s1. The van der Waals surface area contributed by atoms with Crippen LogP contribution in [0.3, 0.4) is 0 Å². The summed E-state index contributed by atoms with van der Waals surface area (Å²) in [4.78, 5) is 60.0. The minimum Gasteiger partial charge on any atom is -0.494 e. The van der Waals surface area contributed by atoms with Gasteiger partial charge in [0.15, 0.2) is 11.6 Å². The summed E-state index contributed by atoms with van der Waals surface area (Å²) in [5, 5.41) is 20.7. The van der Waals surface area contributed by atoms with Crippen molar-refractivity contribution in [1.82, 2.24) is 40.3 Å². The number of piperidine rings is 1. The third-order valence-corrected chi connectivity index (χ3v) is 11.0. The fourth-order valence-corrected chi connectivity index (χ4v) is 7.50. The highest BCUT2D eigenvalue weighted by Gasteiger charge is 2.39. The number of nitrogens with one attached hydrogen (secondary N) is 4. The Morgan fingerprint density at radius 3 is 2.54 bits per heavy atom. The van der Waals surface area contributed by atoms with Crippen LogP contribution in [0.25, 0.3) is 11.5 Å². The third-order valence-electron chi connectivity index (χ3n) is 11.0. The summed E-state index contributed by atoms with van der Waals surface area (Å²) in [6, 6.07) is 21.6. The van der Waals surface area contributed by atoms with Gasteiger partial charge in [0.1, 0.15) is 23.8 Å². The number of carbonyl (C=O) groups excluding carboxylic acids is 4. The Balaban J connectivity index is 0.721. The van der Waals surface area contributed by atoms with Crippen LogP contribution in [-0.2, 0) is 39.2 Å². The van der Waals surface area contributed by atoms with Crippen molar-refractivity contribution >= 4 is 35.0 Å². The van der Waals surface area contributed by atoms with Crippen molar-refractivity contribution in [2.24, 2.45) is 7.05 Å². The van der Waals surface area contributed by atoms with E-state index in [0.717, 1.165) is 59.8 Å². The Morgan fingerprint density at radius 2 is 1.70 bits per heavy atom. The number of nitrogens with zero attached hydrogens (tertiary/aromatic N) is 6. The first-order valence-corrected chi connectivity index (χ1v) is 21.4. The first kappa shape index (κ1) is 44.3. The molecule has 17 nitrogen and oxygen atoms in total. The Morgan fingerprint density at radius 1 is 0.889 bits per heavy atom. The van der Waals surface area contributed by atoms with E-state index in [2.05, 4.69) is 41.4 Å². The summed E-state index contributed by atoms with van der Waals surface area (Å²) in [5.41, 5.74) is 5.24. The molecule has 0 aliphatic carbocycles. The maximum atomic E-state index is 13.3. The van der Waals surface area contributed by atoms with Gasteiger partial charge in [-0.3, -0.25) is 24.5 Å². The van der Waals surface area contributed by atoms with E-state index in [1.54, 1.807) is 29.3 Å². The van der Waals surface area contributed by atoms with Gasteiger partial charge in [0.25, 0.3) is 11.8 Å². The van der Waals surface area contributed by atoms with Gasteiger partial charge < -0.3 is 39.6 Å². The van der Waals surface area contributed by atoms with Gasteiger partial charge in [-0.2, -0.15) is 0 Å². The lowest BCUT2D eigenvalue weighted by Gasteiger charge is -2.29. The summed E-state index contributed by atoms with van der Waals surface area (Å²) in [6.45, 7) is 6.22. The molecule has 0 spiro atoms. The first-order chi connectivity index (χ1) is 30.7. The van der Waals surface area contributed by atoms with E-state index < -0.39 is 11.9 Å². The van der Waals surface area contributed by atoms with Crippen LogP contribution >= 0.6 is 0 Å². The summed E-state index contributed by atoms with van der Waals surface area (Å²) in [7, 11) is 1.88. The Bertz CT molecular complexity index is 2360. The fourth-order valence-electron chi connectivity index (χ4n) is 7.50. The van der Waals surface area contributed by atoms with E-state index in [9.17, 15) is 19.2 Å². The molecule has 1 fully saturated rings. The van der Waals surface area contributed by atoms with Gasteiger partial charge in [-0.1, -0.05) is 24.3 Å². The zero-order chi connectivity index (χ0) is 44.0. The predicted octanol–water partition coefficient (Wildman–Crippen LogP) is 5.22. The van der Waals surface area contributed by atoms with E-state index in [0.29, 0.717) is 81.7 Å². The van der Waals surface area contributed by atoms with Gasteiger partial charge in [-0.15, -0.1) is 10.2 Å². The molecule has 3 aromatic carbocycles. The number of carbonyl (C=O) groups is 4. The zero-order valence-corrected chi connectivity index (χ0v) is 35.7. The molecule has 1 saturated heterocycles. The summed E-state index contributed by atoms with van der Waals surface area (Å²) >= 11 is 0. The first-order valence-electron chi connectivity index (χ1n) is 21.4. The predicted molar refractivity (Wildman–Crippen MR) is 235 cm³/mol. The lowest BCUT2D eigenvalue weighted by molar-refractivity contribution is -0.136. The van der Waals surface area contributed by atoms with Crippen LogP contribution in [0.15, 0.2) is 85.3 Å². The molecule has 0 bridgehead atoms. The molecular weight excluding hydrogens is 805 g/mol. The Hall–Kier alpha value is -6.72. The molecule has 0 saturated carbocycles. The summed E-state index contributed by atoms with van der Waals surface area (Å²) < 4.78 is 19.5. The Labute approximate surface area is 366 Å². The van der Waals surface area contributed by atoms with E-state index in [1.165, 1.54) is 6.33 Å². The maximum absolute atomic E-state index is 13.3. The molecule has 4 amide bonds. The number of rotatable bonds is 23. The molecule has 5 aromatic rings. The average molecular weight is 859 g/mol. The monoisotopic (exact) mass is 858 g/mol. The van der Waals surface area contributed by atoms with Gasteiger partial charge >= 0.3 is 0 Å². The summed E-state index contributed by atoms with van der Waals surface area (Å²) in [5.74, 6) is 1.04. The second-order valence-corrected chi connectivity index (χ2v) is 15.4. The molecular formula is C46H54N10O7. The van der Waals surface area contributed by atoms with Crippen LogP contribution in [-0.4, -0.2) is 98.9 Å². The smallest absolute Gasteiger partial charge is 0.255 e. The third kappa shape index (κ3) is 11.8. The van der Waals surface area contributed by atoms with Gasteiger partial charge in [0.2, 0.25) is 11.8 Å². The molecule has 330 valence electrons. The minimum absolute atomic E-state index is 0.180. The van der Waals surface area contributed by atoms with Crippen LogP contribution < -0.4 is 26.0 Å². The minimum atomic E-state index is -0.638. The highest BCUT2D eigenvalue weighted by molar-refractivity contribution is 6.06. The van der Waals surface area contributed by atoms with E-state index in [1.807, 2.05) is 73.1 Å². The number of imide groups is 1. The molecule has 2 aromatic heterocycles. The number of anilines is 2. The van der Waals surface area contributed by atoms with Crippen molar-refractivity contribution in [2.45, 2.75) is 70.6 Å². The molecule has 2 atom stereocenters. The number of fused-ring (bicyclic) bond motifs is 1. The quantitative estimate of drug-likeness (QED) is 0.0492. The van der Waals surface area contributed by atoms with Crippen LogP contribution in [0.5, 0.6) is 5.75 Å². The molecule has 2 aliphatic rings. The van der Waals surface area contributed by atoms with E-state index in [-0.39, 0.29) is 30.2 Å². The molecule has 7 rings (SSSR count). The molecule has 17 heteroatoms. The fraction of sp³-hybridized carbons (Fsp3) is 0.391. The molecule has 63 heavy (non-hydrogen) atoms. The van der Waals surface area contributed by atoms with E-state index >= 15 is 0 Å². The highest BCUT2D eigenvalue weighted by Crippen LogP contribution is 2.32. The number of benzene rings is 3. The summed E-state index contributed by atoms with van der Waals surface area (Å²) in [6.07, 6.45) is 7.30. The normalized spacial score (nSPS) is 15.2. The zero-order valence-electron chi connectivity index (χ0n) is 35.7. The molecule has 2 aliphatic heterocycles. The number of amides is 4. The van der Waals surface area contributed by atoms with Gasteiger partial charge in [-0.25, -0.2) is 9.97 Å². The van der Waals surface area contributed by atoms with Gasteiger partial charge in [-0.05, 0) is 93.1 Å². The SMILES string of the molecule is C[C@@H](NC(=O)c1cccc(NCc2nnc(-c3ccncn3)n2C)c1)c1cccc(OCCCCCOCCCOCCNc2cccc3c2CN(C2CCC(=O)NC2=O)C3=O)c1. The lowest BCUT2D eigenvalue weighted by Crippen LogP contribution is -2.52. The topological polar surface area (TPSA) is 204 Å². The maximum Gasteiger partial charge on any atom is 0.255 e. The number of unbranched alkanes of at least 4 members (excludes halogenated alkanes) is 2. The van der Waals surface area contributed by atoms with Crippen molar-refractivity contribution < 1.29 is 33.4 Å².